The monoisotopic (exact) mass is 230 g/mol. The van der Waals surface area contributed by atoms with Gasteiger partial charge in [-0.05, 0) is 26.8 Å². The van der Waals surface area contributed by atoms with E-state index in [0.29, 0.717) is 12.1 Å². The molecule has 1 heterocycles. The fourth-order valence-corrected chi connectivity index (χ4v) is 2.10. The molecule has 1 N–H and O–H groups in total. The van der Waals surface area contributed by atoms with E-state index >= 15 is 0 Å². The van der Waals surface area contributed by atoms with Gasteiger partial charge in [-0.1, -0.05) is 0 Å². The van der Waals surface area contributed by atoms with E-state index in [-0.39, 0.29) is 0 Å². The molecule has 1 saturated heterocycles. The summed E-state index contributed by atoms with van der Waals surface area (Å²) < 4.78 is 10.5. The van der Waals surface area contributed by atoms with Gasteiger partial charge in [0.1, 0.15) is 0 Å². The molecule has 1 unspecified atom stereocenters. The Hall–Kier alpha value is -0.160. The Morgan fingerprint density at radius 3 is 2.75 bits per heavy atom. The summed E-state index contributed by atoms with van der Waals surface area (Å²) in [6.07, 6.45) is 2.34. The van der Waals surface area contributed by atoms with Crippen LogP contribution < -0.4 is 5.32 Å². The lowest BCUT2D eigenvalue weighted by Crippen LogP contribution is -2.42. The lowest BCUT2D eigenvalue weighted by molar-refractivity contribution is 0.0430. The van der Waals surface area contributed by atoms with Gasteiger partial charge in [0.2, 0.25) is 0 Å². The van der Waals surface area contributed by atoms with Crippen molar-refractivity contribution >= 4 is 0 Å². The highest BCUT2D eigenvalue weighted by atomic mass is 16.5. The van der Waals surface area contributed by atoms with E-state index in [1.165, 1.54) is 12.8 Å². The quantitative estimate of drug-likeness (QED) is 0.699. The Balaban J connectivity index is 2.07. The lowest BCUT2D eigenvalue weighted by atomic mass is 10.1. The zero-order valence-corrected chi connectivity index (χ0v) is 10.9. The van der Waals surface area contributed by atoms with Crippen LogP contribution in [-0.4, -0.2) is 64.1 Å². The molecule has 0 bridgehead atoms. The van der Waals surface area contributed by atoms with Crippen LogP contribution in [0.15, 0.2) is 0 Å². The highest BCUT2D eigenvalue weighted by Gasteiger charge is 2.17. The maximum absolute atomic E-state index is 5.37. The molecule has 0 radical (unpaired) electrons. The molecule has 1 fully saturated rings. The van der Waals surface area contributed by atoms with Crippen LogP contribution in [0, 0.1) is 0 Å². The van der Waals surface area contributed by atoms with E-state index in [9.17, 15) is 0 Å². The summed E-state index contributed by atoms with van der Waals surface area (Å²) in [7, 11) is 3.95. The zero-order valence-electron chi connectivity index (χ0n) is 10.9. The third-order valence-corrected chi connectivity index (χ3v) is 3.19. The molecule has 1 aliphatic rings. The summed E-state index contributed by atoms with van der Waals surface area (Å²) in [4.78, 5) is 2.44. The zero-order chi connectivity index (χ0) is 11.8. The molecule has 0 aromatic rings. The molecular formula is C12H26N2O2. The van der Waals surface area contributed by atoms with Gasteiger partial charge in [-0.15, -0.1) is 0 Å². The SMILES string of the molecule is COCC(C)NCCN(C)C1CCOCC1. The summed E-state index contributed by atoms with van der Waals surface area (Å²) in [6.45, 7) is 6.89. The first-order chi connectivity index (χ1) is 7.74. The second kappa shape index (κ2) is 8.01. The van der Waals surface area contributed by atoms with Crippen molar-refractivity contribution in [2.75, 3.05) is 47.1 Å². The summed E-state index contributed by atoms with van der Waals surface area (Å²) in [5, 5.41) is 3.46. The van der Waals surface area contributed by atoms with Crippen molar-refractivity contribution in [1.29, 1.82) is 0 Å². The minimum absolute atomic E-state index is 0.438. The van der Waals surface area contributed by atoms with Gasteiger partial charge in [0.05, 0.1) is 6.61 Å². The van der Waals surface area contributed by atoms with E-state index in [0.717, 1.165) is 32.9 Å². The van der Waals surface area contributed by atoms with Crippen LogP contribution in [0.25, 0.3) is 0 Å². The van der Waals surface area contributed by atoms with Crippen LogP contribution in [0.1, 0.15) is 19.8 Å². The number of ether oxygens (including phenoxy) is 2. The third-order valence-electron chi connectivity index (χ3n) is 3.19. The van der Waals surface area contributed by atoms with Gasteiger partial charge in [-0.3, -0.25) is 0 Å². The molecule has 0 aromatic carbocycles. The largest absolute Gasteiger partial charge is 0.383 e. The van der Waals surface area contributed by atoms with Crippen molar-refractivity contribution in [2.45, 2.75) is 31.8 Å². The summed E-state index contributed by atoms with van der Waals surface area (Å²) in [5.41, 5.74) is 0. The van der Waals surface area contributed by atoms with Gasteiger partial charge < -0.3 is 19.7 Å². The van der Waals surface area contributed by atoms with Crippen molar-refractivity contribution in [1.82, 2.24) is 10.2 Å². The Labute approximate surface area is 99.3 Å². The average molecular weight is 230 g/mol. The molecule has 0 saturated carbocycles. The molecule has 16 heavy (non-hydrogen) atoms. The van der Waals surface area contributed by atoms with Gasteiger partial charge in [-0.25, -0.2) is 0 Å². The van der Waals surface area contributed by atoms with Crippen LogP contribution in [0.3, 0.4) is 0 Å². The number of methoxy groups -OCH3 is 1. The summed E-state index contributed by atoms with van der Waals surface area (Å²) in [5.74, 6) is 0. The molecule has 96 valence electrons. The Kier molecular flexibility index (Phi) is 6.96. The minimum Gasteiger partial charge on any atom is -0.383 e. The summed E-state index contributed by atoms with van der Waals surface area (Å²) >= 11 is 0. The van der Waals surface area contributed by atoms with Crippen molar-refractivity contribution in [3.8, 4) is 0 Å². The molecular weight excluding hydrogens is 204 g/mol. The maximum Gasteiger partial charge on any atom is 0.0613 e. The standard InChI is InChI=1S/C12H26N2O2/c1-11(10-15-3)13-6-7-14(2)12-4-8-16-9-5-12/h11-13H,4-10H2,1-3H3. The number of nitrogens with zero attached hydrogens (tertiary/aromatic N) is 1. The van der Waals surface area contributed by atoms with Crippen LogP contribution >= 0.6 is 0 Å². The molecule has 0 spiro atoms. The topological polar surface area (TPSA) is 33.7 Å². The predicted octanol–water partition coefficient (Wildman–Crippen LogP) is 0.722. The second-order valence-electron chi connectivity index (χ2n) is 4.63. The van der Waals surface area contributed by atoms with Crippen molar-refractivity contribution in [3.05, 3.63) is 0 Å². The molecule has 0 aliphatic carbocycles. The van der Waals surface area contributed by atoms with Crippen molar-refractivity contribution in [2.24, 2.45) is 0 Å². The fraction of sp³-hybridized carbons (Fsp3) is 1.00. The van der Waals surface area contributed by atoms with E-state index in [1.54, 1.807) is 7.11 Å². The van der Waals surface area contributed by atoms with Gasteiger partial charge in [0.15, 0.2) is 0 Å². The molecule has 0 aromatic heterocycles. The molecule has 1 rings (SSSR count). The molecule has 1 atom stereocenters. The predicted molar refractivity (Wildman–Crippen MR) is 65.8 cm³/mol. The van der Waals surface area contributed by atoms with Crippen molar-refractivity contribution < 1.29 is 9.47 Å². The highest BCUT2D eigenvalue weighted by molar-refractivity contribution is 4.73. The number of hydrogen-bond acceptors (Lipinski definition) is 4. The Bertz CT molecular complexity index is 172. The average Bonchev–Trinajstić information content (AvgIpc) is 2.30. The van der Waals surface area contributed by atoms with E-state index < -0.39 is 0 Å². The lowest BCUT2D eigenvalue weighted by Gasteiger charge is -2.31. The fourth-order valence-electron chi connectivity index (χ4n) is 2.10. The number of hydrogen-bond donors (Lipinski definition) is 1. The van der Waals surface area contributed by atoms with Gasteiger partial charge in [-0.2, -0.15) is 0 Å². The van der Waals surface area contributed by atoms with Crippen LogP contribution in [0.4, 0.5) is 0 Å². The normalized spacial score (nSPS) is 20.2. The van der Waals surface area contributed by atoms with E-state index in [1.807, 2.05) is 0 Å². The van der Waals surface area contributed by atoms with E-state index in [2.05, 4.69) is 24.2 Å². The number of nitrogens with one attached hydrogen (secondary N) is 1. The molecule has 1 aliphatic heterocycles. The van der Waals surface area contributed by atoms with Gasteiger partial charge >= 0.3 is 0 Å². The van der Waals surface area contributed by atoms with Crippen LogP contribution in [0.5, 0.6) is 0 Å². The smallest absolute Gasteiger partial charge is 0.0613 e. The Morgan fingerprint density at radius 1 is 1.44 bits per heavy atom. The molecule has 4 heteroatoms. The van der Waals surface area contributed by atoms with Crippen LogP contribution in [-0.2, 0) is 9.47 Å². The van der Waals surface area contributed by atoms with E-state index in [4.69, 9.17) is 9.47 Å². The Morgan fingerprint density at radius 2 is 2.12 bits per heavy atom. The number of likely N-dealkylation sites (N-methyl/N-ethyl adjacent to an activating group) is 1. The molecule has 4 nitrogen and oxygen atoms in total. The van der Waals surface area contributed by atoms with Crippen LogP contribution in [0.2, 0.25) is 0 Å². The highest BCUT2D eigenvalue weighted by Crippen LogP contribution is 2.11. The van der Waals surface area contributed by atoms with Gasteiger partial charge in [0.25, 0.3) is 0 Å². The first-order valence-electron chi connectivity index (χ1n) is 6.24. The molecule has 0 amide bonds. The van der Waals surface area contributed by atoms with Gasteiger partial charge in [0, 0.05) is 45.5 Å². The second-order valence-corrected chi connectivity index (χ2v) is 4.63. The first kappa shape index (κ1) is 13.9. The third kappa shape index (κ3) is 5.25. The van der Waals surface area contributed by atoms with Crippen molar-refractivity contribution in [3.63, 3.8) is 0 Å². The minimum atomic E-state index is 0.438. The summed E-state index contributed by atoms with van der Waals surface area (Å²) in [6, 6.07) is 1.14. The number of rotatable bonds is 7. The maximum atomic E-state index is 5.37. The first-order valence-corrected chi connectivity index (χ1v) is 6.24.